The van der Waals surface area contributed by atoms with Gasteiger partial charge < -0.3 is 15.7 Å². The molecule has 0 radical (unpaired) electrons. The van der Waals surface area contributed by atoms with Gasteiger partial charge >= 0.3 is 12.2 Å². The van der Waals surface area contributed by atoms with Gasteiger partial charge in [-0.2, -0.15) is 13.2 Å². The van der Waals surface area contributed by atoms with E-state index in [-0.39, 0.29) is 25.4 Å². The monoisotopic (exact) mass is 324 g/mol. The quantitative estimate of drug-likeness (QED) is 0.673. The second-order valence-electron chi connectivity index (χ2n) is 6.12. The Kier molecular flexibility index (Phi) is 8.00. The third kappa shape index (κ3) is 6.85. The van der Waals surface area contributed by atoms with Crippen LogP contribution in [0.3, 0.4) is 0 Å². The Morgan fingerprint density at radius 2 is 2.05 bits per heavy atom. The Bertz CT molecular complexity index is 331. The zero-order valence-corrected chi connectivity index (χ0v) is 13.1. The van der Waals surface area contributed by atoms with E-state index in [9.17, 15) is 18.0 Å². The average molecular weight is 324 g/mol. The van der Waals surface area contributed by atoms with Crippen LogP contribution in [0, 0.1) is 11.8 Å². The van der Waals surface area contributed by atoms with Gasteiger partial charge in [0.25, 0.3) is 0 Å². The molecule has 1 aliphatic carbocycles. The fourth-order valence-corrected chi connectivity index (χ4v) is 3.03. The van der Waals surface area contributed by atoms with Crippen molar-refractivity contribution in [2.75, 3.05) is 13.2 Å². The molecule has 2 amide bonds. The van der Waals surface area contributed by atoms with Crippen molar-refractivity contribution in [3.8, 4) is 0 Å². The highest BCUT2D eigenvalue weighted by atomic mass is 19.4. The molecule has 4 nitrogen and oxygen atoms in total. The second-order valence-corrected chi connectivity index (χ2v) is 6.12. The van der Waals surface area contributed by atoms with E-state index in [4.69, 9.17) is 5.11 Å². The lowest BCUT2D eigenvalue weighted by Crippen LogP contribution is -2.46. The van der Waals surface area contributed by atoms with Gasteiger partial charge in [-0.3, -0.25) is 0 Å². The maximum atomic E-state index is 12.7. The summed E-state index contributed by atoms with van der Waals surface area (Å²) in [5.41, 5.74) is 0. The fraction of sp³-hybridized carbons (Fsp3) is 0.933. The molecule has 1 rings (SSSR count). The molecule has 3 unspecified atom stereocenters. The van der Waals surface area contributed by atoms with Gasteiger partial charge in [0.2, 0.25) is 0 Å². The summed E-state index contributed by atoms with van der Waals surface area (Å²) in [5.74, 6) is -1.11. The van der Waals surface area contributed by atoms with Crippen LogP contribution in [0.25, 0.3) is 0 Å². The Morgan fingerprint density at radius 1 is 1.32 bits per heavy atom. The standard InChI is InChI=1S/C15H27F3N2O2/c1-2-4-11(7-8-21)10-19-14(22)20-13-6-3-5-12(9-13)15(16,17)18/h11-13,21H,2-10H2,1H3,(H2,19,20,22). The van der Waals surface area contributed by atoms with Crippen molar-refractivity contribution < 1.29 is 23.1 Å². The lowest BCUT2D eigenvalue weighted by molar-refractivity contribution is -0.183. The number of carbonyl (C=O) groups is 1. The SMILES string of the molecule is CCCC(CCO)CNC(=O)NC1CCCC(C(F)(F)F)C1. The summed E-state index contributed by atoms with van der Waals surface area (Å²) >= 11 is 0. The molecule has 0 heterocycles. The van der Waals surface area contributed by atoms with Crippen LogP contribution in [-0.2, 0) is 0 Å². The summed E-state index contributed by atoms with van der Waals surface area (Å²) in [7, 11) is 0. The summed E-state index contributed by atoms with van der Waals surface area (Å²) in [6.45, 7) is 2.54. The number of halogens is 3. The zero-order chi connectivity index (χ0) is 16.6. The number of aliphatic hydroxyl groups excluding tert-OH is 1. The number of nitrogens with one attached hydrogen (secondary N) is 2. The van der Waals surface area contributed by atoms with Crippen LogP contribution in [0.1, 0.15) is 51.9 Å². The summed E-state index contributed by atoms with van der Waals surface area (Å²) in [5, 5.41) is 14.3. The minimum absolute atomic E-state index is 0.0358. The first-order chi connectivity index (χ1) is 10.4. The Labute approximate surface area is 129 Å². The lowest BCUT2D eigenvalue weighted by Gasteiger charge is -2.31. The summed E-state index contributed by atoms with van der Waals surface area (Å²) in [4.78, 5) is 11.8. The van der Waals surface area contributed by atoms with Crippen molar-refractivity contribution in [2.24, 2.45) is 11.8 Å². The van der Waals surface area contributed by atoms with Crippen LogP contribution in [0.15, 0.2) is 0 Å². The van der Waals surface area contributed by atoms with Crippen molar-refractivity contribution in [1.82, 2.24) is 10.6 Å². The molecule has 0 aliphatic heterocycles. The van der Waals surface area contributed by atoms with Crippen LogP contribution in [-0.4, -0.2) is 36.5 Å². The maximum Gasteiger partial charge on any atom is 0.391 e. The van der Waals surface area contributed by atoms with Crippen molar-refractivity contribution in [1.29, 1.82) is 0 Å². The molecule has 1 fully saturated rings. The molecular formula is C15H27F3N2O2. The van der Waals surface area contributed by atoms with E-state index in [1.54, 1.807) is 0 Å². The predicted molar refractivity (Wildman–Crippen MR) is 78.4 cm³/mol. The number of aliphatic hydroxyl groups is 1. The van der Waals surface area contributed by atoms with Crippen molar-refractivity contribution in [3.05, 3.63) is 0 Å². The van der Waals surface area contributed by atoms with Gasteiger partial charge in [0.1, 0.15) is 0 Å². The normalized spacial score (nSPS) is 23.9. The molecule has 3 N–H and O–H groups in total. The number of amides is 2. The van der Waals surface area contributed by atoms with Crippen LogP contribution in [0.2, 0.25) is 0 Å². The summed E-state index contributed by atoms with van der Waals surface area (Å²) in [6, 6.07) is -0.824. The first-order valence-electron chi connectivity index (χ1n) is 8.08. The number of carbonyl (C=O) groups excluding carboxylic acids is 1. The number of urea groups is 1. The molecule has 0 aromatic heterocycles. The van der Waals surface area contributed by atoms with Crippen LogP contribution >= 0.6 is 0 Å². The zero-order valence-electron chi connectivity index (χ0n) is 13.1. The first-order valence-corrected chi connectivity index (χ1v) is 8.08. The minimum Gasteiger partial charge on any atom is -0.396 e. The molecule has 1 aliphatic rings. The highest BCUT2D eigenvalue weighted by molar-refractivity contribution is 5.74. The molecule has 130 valence electrons. The van der Waals surface area contributed by atoms with E-state index in [0.29, 0.717) is 25.8 Å². The third-order valence-electron chi connectivity index (χ3n) is 4.26. The Morgan fingerprint density at radius 3 is 2.64 bits per heavy atom. The fourth-order valence-electron chi connectivity index (χ4n) is 3.03. The number of hydrogen-bond acceptors (Lipinski definition) is 2. The molecule has 3 atom stereocenters. The minimum atomic E-state index is -4.18. The van der Waals surface area contributed by atoms with Crippen LogP contribution in [0.4, 0.5) is 18.0 Å². The predicted octanol–water partition coefficient (Wildman–Crippen LogP) is 3.21. The molecular weight excluding hydrogens is 297 g/mol. The second kappa shape index (κ2) is 9.22. The summed E-state index contributed by atoms with van der Waals surface area (Å²) < 4.78 is 38.2. The maximum absolute atomic E-state index is 12.7. The topological polar surface area (TPSA) is 61.4 Å². The van der Waals surface area contributed by atoms with Crippen molar-refractivity contribution in [3.63, 3.8) is 0 Å². The van der Waals surface area contributed by atoms with E-state index in [0.717, 1.165) is 12.8 Å². The van der Waals surface area contributed by atoms with Gasteiger partial charge in [-0.1, -0.05) is 19.8 Å². The van der Waals surface area contributed by atoms with Gasteiger partial charge in [0, 0.05) is 19.2 Å². The van der Waals surface area contributed by atoms with Gasteiger partial charge in [0.15, 0.2) is 0 Å². The smallest absolute Gasteiger partial charge is 0.391 e. The van der Waals surface area contributed by atoms with E-state index in [1.807, 2.05) is 6.92 Å². The molecule has 0 aromatic carbocycles. The molecule has 0 aromatic rings. The van der Waals surface area contributed by atoms with Gasteiger partial charge in [0.05, 0.1) is 5.92 Å². The van der Waals surface area contributed by atoms with Crippen molar-refractivity contribution >= 4 is 6.03 Å². The van der Waals surface area contributed by atoms with E-state index in [2.05, 4.69) is 10.6 Å². The molecule has 7 heteroatoms. The average Bonchev–Trinajstić information content (AvgIpc) is 2.45. The van der Waals surface area contributed by atoms with Crippen LogP contribution in [0.5, 0.6) is 0 Å². The van der Waals surface area contributed by atoms with E-state index in [1.165, 1.54) is 0 Å². The Hall–Kier alpha value is -0.980. The third-order valence-corrected chi connectivity index (χ3v) is 4.26. The summed E-state index contributed by atoms with van der Waals surface area (Å²) in [6.07, 6.45) is -0.500. The highest BCUT2D eigenvalue weighted by Crippen LogP contribution is 2.37. The number of hydrogen-bond donors (Lipinski definition) is 3. The molecule has 0 bridgehead atoms. The van der Waals surface area contributed by atoms with Crippen molar-refractivity contribution in [2.45, 2.75) is 64.1 Å². The van der Waals surface area contributed by atoms with E-state index < -0.39 is 24.2 Å². The number of rotatable bonds is 7. The molecule has 1 saturated carbocycles. The first kappa shape index (κ1) is 19.1. The highest BCUT2D eigenvalue weighted by Gasteiger charge is 2.42. The van der Waals surface area contributed by atoms with Gasteiger partial charge in [-0.05, 0) is 38.0 Å². The van der Waals surface area contributed by atoms with Gasteiger partial charge in [-0.25, -0.2) is 4.79 Å². The molecule has 0 spiro atoms. The number of alkyl halides is 3. The van der Waals surface area contributed by atoms with E-state index >= 15 is 0 Å². The Balaban J connectivity index is 2.34. The molecule has 22 heavy (non-hydrogen) atoms. The van der Waals surface area contributed by atoms with Crippen LogP contribution < -0.4 is 10.6 Å². The van der Waals surface area contributed by atoms with Gasteiger partial charge in [-0.15, -0.1) is 0 Å². The lowest BCUT2D eigenvalue weighted by atomic mass is 9.85. The molecule has 0 saturated heterocycles. The largest absolute Gasteiger partial charge is 0.396 e.